The molecule has 3 nitrogen and oxygen atoms in total. The fourth-order valence-corrected chi connectivity index (χ4v) is 4.14. The highest BCUT2D eigenvalue weighted by Gasteiger charge is 2.31. The molecular formula is C10H21NO2S2. The van der Waals surface area contributed by atoms with Crippen molar-refractivity contribution in [1.29, 1.82) is 0 Å². The molecule has 1 fully saturated rings. The molecule has 1 aliphatic rings. The SMILES string of the molecule is CSCC(N)C1CCCC(S(C)(=O)=O)C1. The summed E-state index contributed by atoms with van der Waals surface area (Å²) in [7, 11) is -2.87. The molecule has 1 rings (SSSR count). The lowest BCUT2D eigenvalue weighted by Gasteiger charge is -2.31. The molecule has 0 saturated heterocycles. The Balaban J connectivity index is 2.56. The molecule has 5 heteroatoms. The van der Waals surface area contributed by atoms with Crippen LogP contribution in [0.2, 0.25) is 0 Å². The first-order chi connectivity index (χ1) is 6.95. The molecule has 0 heterocycles. The van der Waals surface area contributed by atoms with Gasteiger partial charge in [-0.15, -0.1) is 0 Å². The highest BCUT2D eigenvalue weighted by molar-refractivity contribution is 7.98. The Morgan fingerprint density at radius 2 is 2.13 bits per heavy atom. The van der Waals surface area contributed by atoms with Gasteiger partial charge in [0.2, 0.25) is 0 Å². The smallest absolute Gasteiger partial charge is 0.150 e. The average Bonchev–Trinajstić information content (AvgIpc) is 2.17. The molecule has 0 bridgehead atoms. The van der Waals surface area contributed by atoms with Gasteiger partial charge in [-0.3, -0.25) is 0 Å². The molecule has 1 aliphatic carbocycles. The van der Waals surface area contributed by atoms with Crippen molar-refractivity contribution in [2.45, 2.75) is 37.0 Å². The van der Waals surface area contributed by atoms with Crippen LogP contribution in [-0.2, 0) is 9.84 Å². The van der Waals surface area contributed by atoms with Crippen molar-refractivity contribution in [1.82, 2.24) is 0 Å². The molecule has 0 amide bonds. The lowest BCUT2D eigenvalue weighted by molar-refractivity contribution is 0.319. The first-order valence-corrected chi connectivity index (χ1v) is 8.73. The van der Waals surface area contributed by atoms with Gasteiger partial charge in [-0.25, -0.2) is 8.42 Å². The summed E-state index contributed by atoms with van der Waals surface area (Å²) in [5.41, 5.74) is 6.05. The fraction of sp³-hybridized carbons (Fsp3) is 1.00. The molecule has 1 saturated carbocycles. The Labute approximate surface area is 97.1 Å². The van der Waals surface area contributed by atoms with E-state index in [-0.39, 0.29) is 11.3 Å². The van der Waals surface area contributed by atoms with Crippen LogP contribution in [0.25, 0.3) is 0 Å². The van der Waals surface area contributed by atoms with Gasteiger partial charge in [-0.2, -0.15) is 11.8 Å². The zero-order valence-electron chi connectivity index (χ0n) is 9.48. The standard InChI is InChI=1S/C10H21NO2S2/c1-14-7-10(11)8-4-3-5-9(6-8)15(2,12)13/h8-10H,3-7,11H2,1-2H3. The molecule has 0 spiro atoms. The van der Waals surface area contributed by atoms with Gasteiger partial charge in [-0.1, -0.05) is 6.42 Å². The van der Waals surface area contributed by atoms with Crippen molar-refractivity contribution in [3.8, 4) is 0 Å². The summed E-state index contributed by atoms with van der Waals surface area (Å²) >= 11 is 1.74. The Morgan fingerprint density at radius 1 is 1.47 bits per heavy atom. The number of sulfone groups is 1. The maximum atomic E-state index is 11.5. The van der Waals surface area contributed by atoms with Gasteiger partial charge in [0, 0.05) is 18.1 Å². The highest BCUT2D eigenvalue weighted by Crippen LogP contribution is 2.30. The van der Waals surface area contributed by atoms with E-state index in [4.69, 9.17) is 5.73 Å². The highest BCUT2D eigenvalue weighted by atomic mass is 32.2. The minimum Gasteiger partial charge on any atom is -0.327 e. The van der Waals surface area contributed by atoms with Gasteiger partial charge in [0.15, 0.2) is 0 Å². The van der Waals surface area contributed by atoms with E-state index in [0.717, 1.165) is 31.4 Å². The van der Waals surface area contributed by atoms with Crippen LogP contribution in [0.3, 0.4) is 0 Å². The van der Waals surface area contributed by atoms with E-state index < -0.39 is 9.84 Å². The van der Waals surface area contributed by atoms with Crippen molar-refractivity contribution in [3.05, 3.63) is 0 Å². The van der Waals surface area contributed by atoms with Crippen molar-refractivity contribution in [3.63, 3.8) is 0 Å². The molecule has 0 aromatic heterocycles. The third kappa shape index (κ3) is 3.96. The maximum absolute atomic E-state index is 11.5. The molecule has 0 aromatic carbocycles. The van der Waals surface area contributed by atoms with E-state index in [2.05, 4.69) is 0 Å². The Hall–Kier alpha value is 0.260. The van der Waals surface area contributed by atoms with Crippen LogP contribution in [0.4, 0.5) is 0 Å². The zero-order chi connectivity index (χ0) is 11.5. The minimum absolute atomic E-state index is 0.149. The van der Waals surface area contributed by atoms with E-state index in [0.29, 0.717) is 5.92 Å². The minimum atomic E-state index is -2.87. The van der Waals surface area contributed by atoms with Gasteiger partial charge in [-0.05, 0) is 31.4 Å². The summed E-state index contributed by atoms with van der Waals surface area (Å²) in [6.07, 6.45) is 7.07. The molecule has 3 atom stereocenters. The second-order valence-corrected chi connectivity index (χ2v) is 7.73. The van der Waals surface area contributed by atoms with Crippen LogP contribution in [0.15, 0.2) is 0 Å². The summed E-state index contributed by atoms with van der Waals surface area (Å²) in [5.74, 6) is 1.33. The number of hydrogen-bond acceptors (Lipinski definition) is 4. The van der Waals surface area contributed by atoms with Crippen LogP contribution in [-0.4, -0.2) is 38.0 Å². The van der Waals surface area contributed by atoms with Crippen LogP contribution in [0.5, 0.6) is 0 Å². The van der Waals surface area contributed by atoms with Gasteiger partial charge in [0.1, 0.15) is 9.84 Å². The first-order valence-electron chi connectivity index (χ1n) is 5.38. The number of rotatable bonds is 4. The number of nitrogens with two attached hydrogens (primary N) is 1. The zero-order valence-corrected chi connectivity index (χ0v) is 11.1. The lowest BCUT2D eigenvalue weighted by Crippen LogP contribution is -2.39. The second-order valence-electron chi connectivity index (χ2n) is 4.50. The summed E-state index contributed by atoms with van der Waals surface area (Å²) < 4.78 is 22.9. The third-order valence-electron chi connectivity index (χ3n) is 3.24. The number of thioether (sulfide) groups is 1. The van der Waals surface area contributed by atoms with Gasteiger partial charge in [0.05, 0.1) is 5.25 Å². The van der Waals surface area contributed by atoms with Crippen molar-refractivity contribution < 1.29 is 8.42 Å². The van der Waals surface area contributed by atoms with E-state index in [1.165, 1.54) is 6.26 Å². The molecule has 0 aromatic rings. The second kappa shape index (κ2) is 5.55. The van der Waals surface area contributed by atoms with E-state index in [9.17, 15) is 8.42 Å². The molecule has 15 heavy (non-hydrogen) atoms. The van der Waals surface area contributed by atoms with E-state index >= 15 is 0 Å². The van der Waals surface area contributed by atoms with Crippen LogP contribution >= 0.6 is 11.8 Å². The summed E-state index contributed by atoms with van der Waals surface area (Å²) in [4.78, 5) is 0. The van der Waals surface area contributed by atoms with E-state index in [1.807, 2.05) is 6.26 Å². The van der Waals surface area contributed by atoms with Crippen LogP contribution in [0.1, 0.15) is 25.7 Å². The average molecular weight is 251 g/mol. The van der Waals surface area contributed by atoms with E-state index in [1.54, 1.807) is 11.8 Å². The Kier molecular flexibility index (Phi) is 4.93. The first kappa shape index (κ1) is 13.3. The molecule has 2 N–H and O–H groups in total. The maximum Gasteiger partial charge on any atom is 0.150 e. The lowest BCUT2D eigenvalue weighted by atomic mass is 9.84. The van der Waals surface area contributed by atoms with Crippen molar-refractivity contribution in [2.24, 2.45) is 11.7 Å². The fourth-order valence-electron chi connectivity index (χ4n) is 2.29. The van der Waals surface area contributed by atoms with Crippen LogP contribution in [0, 0.1) is 5.92 Å². The topological polar surface area (TPSA) is 60.2 Å². The normalized spacial score (nSPS) is 30.1. The van der Waals surface area contributed by atoms with Crippen LogP contribution < -0.4 is 5.73 Å². The summed E-state index contributed by atoms with van der Waals surface area (Å²) in [6.45, 7) is 0. The molecule has 3 unspecified atom stereocenters. The number of hydrogen-bond donors (Lipinski definition) is 1. The van der Waals surface area contributed by atoms with Crippen molar-refractivity contribution in [2.75, 3.05) is 18.3 Å². The quantitative estimate of drug-likeness (QED) is 0.817. The monoisotopic (exact) mass is 251 g/mol. The molecule has 0 radical (unpaired) electrons. The largest absolute Gasteiger partial charge is 0.327 e. The summed E-state index contributed by atoms with van der Waals surface area (Å²) in [5, 5.41) is -0.149. The van der Waals surface area contributed by atoms with Gasteiger partial charge < -0.3 is 5.73 Å². The predicted molar refractivity (Wildman–Crippen MR) is 66.9 cm³/mol. The van der Waals surface area contributed by atoms with Crippen molar-refractivity contribution >= 4 is 21.6 Å². The Bertz CT molecular complexity index is 290. The summed E-state index contributed by atoms with van der Waals surface area (Å²) in [6, 6.07) is 0.157. The Morgan fingerprint density at radius 3 is 2.67 bits per heavy atom. The molecule has 90 valence electrons. The molecular weight excluding hydrogens is 230 g/mol. The predicted octanol–water partition coefficient (Wildman–Crippen LogP) is 1.28. The van der Waals surface area contributed by atoms with Gasteiger partial charge >= 0.3 is 0 Å². The third-order valence-corrected chi connectivity index (χ3v) is 5.59. The van der Waals surface area contributed by atoms with Gasteiger partial charge in [0.25, 0.3) is 0 Å². The molecule has 0 aliphatic heterocycles.